The molecule has 0 spiro atoms. The number of hydrogen-bond acceptors (Lipinski definition) is 5. The van der Waals surface area contributed by atoms with Gasteiger partial charge in [-0.15, -0.1) is 0 Å². The van der Waals surface area contributed by atoms with Gasteiger partial charge in [0.1, 0.15) is 18.9 Å². The van der Waals surface area contributed by atoms with Crippen LogP contribution in [0.2, 0.25) is 0 Å². The van der Waals surface area contributed by atoms with Crippen LogP contribution in [-0.4, -0.2) is 33.7 Å². The maximum Gasteiger partial charge on any atom is 0.264 e. The van der Waals surface area contributed by atoms with Crippen LogP contribution in [-0.2, 0) is 14.8 Å². The van der Waals surface area contributed by atoms with Crippen molar-refractivity contribution in [2.24, 2.45) is 5.10 Å². The van der Waals surface area contributed by atoms with Crippen LogP contribution in [0.1, 0.15) is 11.1 Å². The van der Waals surface area contributed by atoms with E-state index < -0.39 is 22.5 Å². The third-order valence-electron chi connectivity index (χ3n) is 4.54. The number of carbonyl (C=O) groups is 1. The van der Waals surface area contributed by atoms with Crippen LogP contribution in [0.3, 0.4) is 0 Å². The molecular weight excluding hydrogens is 438 g/mol. The second-order valence-electron chi connectivity index (χ2n) is 7.13. The SMILES string of the molecule is C=CCOc1cccc(/C=N\NC(=O)CN(c2cccc(C)c2)S(=O)(=O)c2ccccc2)c1. The van der Waals surface area contributed by atoms with E-state index in [0.29, 0.717) is 23.6 Å². The number of anilines is 1. The normalized spacial score (nSPS) is 11.2. The Kier molecular flexibility index (Phi) is 7.99. The minimum Gasteiger partial charge on any atom is -0.490 e. The van der Waals surface area contributed by atoms with Gasteiger partial charge < -0.3 is 4.74 Å². The van der Waals surface area contributed by atoms with Gasteiger partial charge in [-0.05, 0) is 54.4 Å². The summed E-state index contributed by atoms with van der Waals surface area (Å²) in [6.07, 6.45) is 3.10. The number of carbonyl (C=O) groups excluding carboxylic acids is 1. The summed E-state index contributed by atoms with van der Waals surface area (Å²) in [5.74, 6) is 0.0658. The molecule has 0 bridgehead atoms. The Morgan fingerprint density at radius 1 is 1.06 bits per heavy atom. The molecule has 0 unspecified atom stereocenters. The molecule has 7 nitrogen and oxygen atoms in total. The smallest absolute Gasteiger partial charge is 0.264 e. The number of aryl methyl sites for hydroxylation is 1. The Balaban J connectivity index is 1.77. The molecule has 1 amide bonds. The fraction of sp³-hybridized carbons (Fsp3) is 0.120. The molecular formula is C25H25N3O4S. The molecule has 3 rings (SSSR count). The van der Waals surface area contributed by atoms with Crippen LogP contribution in [0.25, 0.3) is 0 Å². The highest BCUT2D eigenvalue weighted by atomic mass is 32.2. The van der Waals surface area contributed by atoms with Crippen LogP contribution in [0.4, 0.5) is 5.69 Å². The Morgan fingerprint density at radius 3 is 2.55 bits per heavy atom. The van der Waals surface area contributed by atoms with Gasteiger partial charge in [-0.2, -0.15) is 5.10 Å². The number of sulfonamides is 1. The summed E-state index contributed by atoms with van der Waals surface area (Å²) in [5.41, 5.74) is 4.38. The van der Waals surface area contributed by atoms with Crippen LogP contribution in [0.15, 0.2) is 102 Å². The molecule has 8 heteroatoms. The van der Waals surface area contributed by atoms with E-state index in [1.165, 1.54) is 18.3 Å². The predicted octanol–water partition coefficient (Wildman–Crippen LogP) is 3.91. The highest BCUT2D eigenvalue weighted by Crippen LogP contribution is 2.24. The Hall–Kier alpha value is -3.91. The third-order valence-corrected chi connectivity index (χ3v) is 6.32. The van der Waals surface area contributed by atoms with Gasteiger partial charge in [0.25, 0.3) is 15.9 Å². The zero-order valence-corrected chi connectivity index (χ0v) is 19.0. The zero-order valence-electron chi connectivity index (χ0n) is 18.2. The summed E-state index contributed by atoms with van der Waals surface area (Å²) in [5, 5.41) is 3.96. The first-order valence-electron chi connectivity index (χ1n) is 10.2. The second-order valence-corrected chi connectivity index (χ2v) is 8.99. The lowest BCUT2D eigenvalue weighted by Crippen LogP contribution is -2.39. The minimum atomic E-state index is -3.96. The maximum atomic E-state index is 13.3. The van der Waals surface area contributed by atoms with Gasteiger partial charge in [0.2, 0.25) is 0 Å². The molecule has 0 aliphatic carbocycles. The van der Waals surface area contributed by atoms with Gasteiger partial charge in [-0.25, -0.2) is 13.8 Å². The Bertz CT molecular complexity index is 1240. The molecule has 33 heavy (non-hydrogen) atoms. The lowest BCUT2D eigenvalue weighted by atomic mass is 10.2. The average Bonchev–Trinajstić information content (AvgIpc) is 2.82. The molecule has 3 aromatic rings. The average molecular weight is 464 g/mol. The van der Waals surface area contributed by atoms with E-state index in [9.17, 15) is 13.2 Å². The topological polar surface area (TPSA) is 88.1 Å². The van der Waals surface area contributed by atoms with Crippen LogP contribution in [0.5, 0.6) is 5.75 Å². The van der Waals surface area contributed by atoms with E-state index in [-0.39, 0.29) is 4.90 Å². The Morgan fingerprint density at radius 2 is 1.82 bits per heavy atom. The largest absolute Gasteiger partial charge is 0.490 e. The summed E-state index contributed by atoms with van der Waals surface area (Å²) >= 11 is 0. The summed E-state index contributed by atoms with van der Waals surface area (Å²) in [4.78, 5) is 12.7. The predicted molar refractivity (Wildman–Crippen MR) is 130 cm³/mol. The quantitative estimate of drug-likeness (QED) is 0.281. The minimum absolute atomic E-state index is 0.0964. The number of nitrogens with zero attached hydrogens (tertiary/aromatic N) is 2. The molecule has 0 fully saturated rings. The molecule has 3 aromatic carbocycles. The first-order valence-corrected chi connectivity index (χ1v) is 11.6. The van der Waals surface area contributed by atoms with Crippen molar-refractivity contribution in [1.29, 1.82) is 0 Å². The van der Waals surface area contributed by atoms with E-state index >= 15 is 0 Å². The number of benzene rings is 3. The number of hydrazone groups is 1. The van der Waals surface area contributed by atoms with E-state index in [4.69, 9.17) is 4.74 Å². The number of hydrogen-bond donors (Lipinski definition) is 1. The Labute approximate surface area is 194 Å². The van der Waals surface area contributed by atoms with Gasteiger partial charge in [0.05, 0.1) is 16.8 Å². The van der Waals surface area contributed by atoms with Gasteiger partial charge in [0.15, 0.2) is 0 Å². The fourth-order valence-electron chi connectivity index (χ4n) is 3.00. The van der Waals surface area contributed by atoms with Gasteiger partial charge in [-0.3, -0.25) is 9.10 Å². The first-order chi connectivity index (χ1) is 15.9. The second kappa shape index (κ2) is 11.1. The van der Waals surface area contributed by atoms with Crippen LogP contribution in [0, 0.1) is 6.92 Å². The number of ether oxygens (including phenoxy) is 1. The molecule has 1 N–H and O–H groups in total. The van der Waals surface area contributed by atoms with E-state index in [0.717, 1.165) is 9.87 Å². The molecule has 0 saturated carbocycles. The van der Waals surface area contributed by atoms with Crippen molar-refractivity contribution in [3.63, 3.8) is 0 Å². The van der Waals surface area contributed by atoms with Crippen molar-refractivity contribution in [3.8, 4) is 5.75 Å². The van der Waals surface area contributed by atoms with Crippen molar-refractivity contribution in [1.82, 2.24) is 5.43 Å². The number of rotatable bonds is 10. The molecule has 0 heterocycles. The fourth-order valence-corrected chi connectivity index (χ4v) is 4.44. The summed E-state index contributed by atoms with van der Waals surface area (Å²) in [7, 11) is -3.96. The summed E-state index contributed by atoms with van der Waals surface area (Å²) in [6.45, 7) is 5.41. The maximum absolute atomic E-state index is 13.3. The molecule has 170 valence electrons. The first kappa shape index (κ1) is 23.7. The highest BCUT2D eigenvalue weighted by Gasteiger charge is 2.27. The van der Waals surface area contributed by atoms with Crippen LogP contribution < -0.4 is 14.5 Å². The molecule has 0 saturated heterocycles. The highest BCUT2D eigenvalue weighted by molar-refractivity contribution is 7.92. The lowest BCUT2D eigenvalue weighted by Gasteiger charge is -2.24. The summed E-state index contributed by atoms with van der Waals surface area (Å²) in [6, 6.07) is 22.1. The molecule has 0 aliphatic heterocycles. The number of amides is 1. The van der Waals surface area contributed by atoms with Crippen molar-refractivity contribution in [2.45, 2.75) is 11.8 Å². The molecule has 0 atom stereocenters. The number of nitrogens with one attached hydrogen (secondary N) is 1. The van der Waals surface area contributed by atoms with Crippen LogP contribution >= 0.6 is 0 Å². The molecule has 0 aromatic heterocycles. The molecule has 0 aliphatic rings. The van der Waals surface area contributed by atoms with Gasteiger partial charge in [-0.1, -0.05) is 55.1 Å². The van der Waals surface area contributed by atoms with Crippen molar-refractivity contribution in [3.05, 3.63) is 103 Å². The van der Waals surface area contributed by atoms with E-state index in [2.05, 4.69) is 17.1 Å². The zero-order chi connectivity index (χ0) is 23.7. The molecule has 0 radical (unpaired) electrons. The van der Waals surface area contributed by atoms with E-state index in [1.807, 2.05) is 13.0 Å². The standard InChI is InChI=1S/C25H25N3O4S/c1-3-15-32-23-12-8-10-21(17-23)18-26-27-25(29)19-28(22-11-7-9-20(2)16-22)33(30,31)24-13-5-4-6-14-24/h3-14,16-18H,1,15,19H2,2H3,(H,27,29)/b26-18-. The summed E-state index contributed by atoms with van der Waals surface area (Å²) < 4.78 is 33.1. The van der Waals surface area contributed by atoms with Crippen molar-refractivity contribution < 1.29 is 17.9 Å². The van der Waals surface area contributed by atoms with Gasteiger partial charge >= 0.3 is 0 Å². The third kappa shape index (κ3) is 6.54. The van der Waals surface area contributed by atoms with Gasteiger partial charge in [0, 0.05) is 0 Å². The van der Waals surface area contributed by atoms with Crippen molar-refractivity contribution in [2.75, 3.05) is 17.5 Å². The van der Waals surface area contributed by atoms with Crippen molar-refractivity contribution >= 4 is 27.8 Å². The lowest BCUT2D eigenvalue weighted by molar-refractivity contribution is -0.119. The van der Waals surface area contributed by atoms with E-state index in [1.54, 1.807) is 66.7 Å². The monoisotopic (exact) mass is 463 g/mol.